The van der Waals surface area contributed by atoms with Crippen LogP contribution in [0.25, 0.3) is 65.0 Å². The predicted molar refractivity (Wildman–Crippen MR) is 177 cm³/mol. The third-order valence-electron chi connectivity index (χ3n) is 9.09. The lowest BCUT2D eigenvalue weighted by Gasteiger charge is -2.28. The Bertz CT molecular complexity index is 2560. The molecule has 0 atom stereocenters. The van der Waals surface area contributed by atoms with Crippen molar-refractivity contribution in [2.75, 3.05) is 4.90 Å². The molecule has 8 aromatic carbocycles. The average molecular weight is 557 g/mol. The van der Waals surface area contributed by atoms with Gasteiger partial charge >= 0.3 is 0 Å². The number of para-hydroxylation sites is 1. The minimum absolute atomic E-state index is 0.139. The second-order valence-corrected chi connectivity index (χ2v) is 11.5. The number of nitro benzene ring substituents is 1. The lowest BCUT2D eigenvalue weighted by atomic mass is 9.88. The minimum Gasteiger partial charge on any atom is -0.454 e. The smallest absolute Gasteiger partial charge is 0.277 e. The molecule has 5 heteroatoms. The number of hydrogen-bond donors (Lipinski definition) is 0. The summed E-state index contributed by atoms with van der Waals surface area (Å²) < 4.78 is 6.67. The molecule has 0 bridgehead atoms. The fourth-order valence-corrected chi connectivity index (χ4v) is 7.21. The molecule has 0 radical (unpaired) electrons. The third-order valence-corrected chi connectivity index (χ3v) is 9.09. The van der Waals surface area contributed by atoms with E-state index in [0.717, 1.165) is 87.8 Å². The molecular formula is C38H24N2O3. The number of nitrogens with zero attached hydrogens (tertiary/aromatic N) is 2. The van der Waals surface area contributed by atoms with Crippen LogP contribution in [-0.2, 0) is 0 Å². The van der Waals surface area contributed by atoms with Crippen molar-refractivity contribution in [1.29, 1.82) is 0 Å². The maximum Gasteiger partial charge on any atom is 0.277 e. The van der Waals surface area contributed by atoms with Gasteiger partial charge in [0.1, 0.15) is 5.58 Å². The Labute approximate surface area is 246 Å². The van der Waals surface area contributed by atoms with Gasteiger partial charge < -0.3 is 9.32 Å². The Hall–Kier alpha value is -5.68. The van der Waals surface area contributed by atoms with Crippen LogP contribution in [0.5, 0.6) is 0 Å². The first-order valence-corrected chi connectivity index (χ1v) is 14.4. The van der Waals surface area contributed by atoms with E-state index in [-0.39, 0.29) is 10.6 Å². The molecule has 1 heterocycles. The van der Waals surface area contributed by atoms with E-state index in [0.29, 0.717) is 5.39 Å². The van der Waals surface area contributed by atoms with Gasteiger partial charge in [0.15, 0.2) is 5.58 Å². The van der Waals surface area contributed by atoms with Crippen LogP contribution >= 0.6 is 0 Å². The van der Waals surface area contributed by atoms with Crippen LogP contribution in [0, 0.1) is 24.0 Å². The van der Waals surface area contributed by atoms with Crippen molar-refractivity contribution in [2.45, 2.75) is 13.8 Å². The molecule has 0 saturated heterocycles. The van der Waals surface area contributed by atoms with Gasteiger partial charge in [0.05, 0.1) is 21.7 Å². The summed E-state index contributed by atoms with van der Waals surface area (Å²) >= 11 is 0. The second kappa shape index (κ2) is 8.43. The average Bonchev–Trinajstić information content (AvgIpc) is 3.43. The van der Waals surface area contributed by atoms with Crippen molar-refractivity contribution in [3.05, 3.63) is 130 Å². The molecule has 43 heavy (non-hydrogen) atoms. The topological polar surface area (TPSA) is 59.5 Å². The molecule has 0 unspecified atom stereocenters. The summed E-state index contributed by atoms with van der Waals surface area (Å²) in [6.45, 7) is 4.07. The quantitative estimate of drug-likeness (QED) is 0.123. The lowest BCUT2D eigenvalue weighted by Crippen LogP contribution is -2.11. The van der Waals surface area contributed by atoms with Crippen LogP contribution in [0.1, 0.15) is 11.1 Å². The molecule has 0 spiro atoms. The van der Waals surface area contributed by atoms with Gasteiger partial charge in [0.25, 0.3) is 5.69 Å². The monoisotopic (exact) mass is 556 g/mol. The Balaban J connectivity index is 1.44. The molecule has 9 rings (SSSR count). The Morgan fingerprint density at radius 2 is 1.26 bits per heavy atom. The summed E-state index contributed by atoms with van der Waals surface area (Å²) in [6, 6.07) is 37.3. The van der Waals surface area contributed by atoms with Crippen LogP contribution in [0.15, 0.2) is 114 Å². The van der Waals surface area contributed by atoms with Crippen LogP contribution in [-0.4, -0.2) is 4.92 Å². The summed E-state index contributed by atoms with van der Waals surface area (Å²) in [4.78, 5) is 14.2. The van der Waals surface area contributed by atoms with E-state index in [1.807, 2.05) is 49.4 Å². The first-order chi connectivity index (χ1) is 21.0. The highest BCUT2D eigenvalue weighted by Crippen LogP contribution is 2.50. The van der Waals surface area contributed by atoms with Crippen LogP contribution in [0.4, 0.5) is 22.7 Å². The third kappa shape index (κ3) is 3.16. The van der Waals surface area contributed by atoms with E-state index in [1.165, 1.54) is 0 Å². The normalized spacial score (nSPS) is 12.1. The van der Waals surface area contributed by atoms with Gasteiger partial charge in [-0.2, -0.15) is 0 Å². The van der Waals surface area contributed by atoms with Gasteiger partial charge in [-0.15, -0.1) is 0 Å². The van der Waals surface area contributed by atoms with Gasteiger partial charge in [0.2, 0.25) is 0 Å². The van der Waals surface area contributed by atoms with Gasteiger partial charge in [-0.1, -0.05) is 66.7 Å². The number of hydrogen-bond acceptors (Lipinski definition) is 4. The van der Waals surface area contributed by atoms with E-state index in [2.05, 4.69) is 72.5 Å². The van der Waals surface area contributed by atoms with Gasteiger partial charge in [-0.05, 0) is 88.3 Å². The molecule has 204 valence electrons. The minimum atomic E-state index is -0.268. The summed E-state index contributed by atoms with van der Waals surface area (Å²) in [5, 5.41) is 22.5. The van der Waals surface area contributed by atoms with Crippen molar-refractivity contribution < 1.29 is 9.34 Å². The largest absolute Gasteiger partial charge is 0.454 e. The van der Waals surface area contributed by atoms with Crippen molar-refractivity contribution in [2.24, 2.45) is 0 Å². The summed E-state index contributed by atoms with van der Waals surface area (Å²) in [6.07, 6.45) is 0. The fourth-order valence-electron chi connectivity index (χ4n) is 7.21. The molecule has 0 N–H and O–H groups in total. The van der Waals surface area contributed by atoms with Crippen LogP contribution in [0.3, 0.4) is 0 Å². The number of nitro groups is 1. The van der Waals surface area contributed by atoms with E-state index in [4.69, 9.17) is 4.42 Å². The highest BCUT2D eigenvalue weighted by atomic mass is 16.6. The summed E-state index contributed by atoms with van der Waals surface area (Å²) in [5.74, 6) is 0. The molecule has 0 aliphatic rings. The number of anilines is 3. The molecule has 0 amide bonds. The molecule has 0 aliphatic carbocycles. The van der Waals surface area contributed by atoms with E-state index in [9.17, 15) is 10.1 Å². The Morgan fingerprint density at radius 1 is 0.605 bits per heavy atom. The summed E-state index contributed by atoms with van der Waals surface area (Å²) in [5.41, 5.74) is 6.79. The highest BCUT2D eigenvalue weighted by Gasteiger charge is 2.26. The first-order valence-electron chi connectivity index (χ1n) is 14.4. The molecule has 5 nitrogen and oxygen atoms in total. The second-order valence-electron chi connectivity index (χ2n) is 11.5. The maximum atomic E-state index is 12.1. The molecule has 0 aliphatic heterocycles. The van der Waals surface area contributed by atoms with Gasteiger partial charge in [-0.25, -0.2) is 0 Å². The zero-order valence-corrected chi connectivity index (χ0v) is 23.5. The Morgan fingerprint density at radius 3 is 2.02 bits per heavy atom. The molecule has 0 saturated carbocycles. The van der Waals surface area contributed by atoms with Crippen molar-refractivity contribution in [3.8, 4) is 0 Å². The van der Waals surface area contributed by atoms with E-state index in [1.54, 1.807) is 6.07 Å². The number of furan rings is 1. The maximum absolute atomic E-state index is 12.1. The van der Waals surface area contributed by atoms with Crippen LogP contribution < -0.4 is 4.90 Å². The van der Waals surface area contributed by atoms with E-state index < -0.39 is 0 Å². The molecule has 1 aromatic heterocycles. The Kier molecular flexibility index (Phi) is 4.70. The zero-order valence-electron chi connectivity index (χ0n) is 23.5. The first kappa shape index (κ1) is 24.0. The standard InChI is InChI=1S/C38H24N2O3/c1-21-19-31(28-16-14-27-22(2)20-32(40(41)42)29-17-15-26(21)36(28)37(27)29)39(25-8-4-3-5-9-25)30-18-13-24-12-11-23-7-6-10-33-34(23)35(24)38(30)43-33/h3-20H,1-2H3. The van der Waals surface area contributed by atoms with Crippen molar-refractivity contribution in [3.63, 3.8) is 0 Å². The molecule has 9 aromatic rings. The predicted octanol–water partition coefficient (Wildman–Crippen LogP) is 11.1. The SMILES string of the molecule is Cc1cc(N(c2ccccc2)c2ccc3ccc4cccc5oc2c3c45)c2ccc3c(C)cc([N+](=O)[O-])c4ccc1c2c34. The molecular weight excluding hydrogens is 532 g/mol. The van der Waals surface area contributed by atoms with Crippen molar-refractivity contribution in [1.82, 2.24) is 0 Å². The van der Waals surface area contributed by atoms with Crippen molar-refractivity contribution >= 4 is 87.8 Å². The molecule has 0 fully saturated rings. The number of aryl methyl sites for hydroxylation is 2. The summed E-state index contributed by atoms with van der Waals surface area (Å²) in [7, 11) is 0. The zero-order chi connectivity index (χ0) is 29.0. The fraction of sp³-hybridized carbons (Fsp3) is 0.0526. The van der Waals surface area contributed by atoms with E-state index >= 15 is 0 Å². The van der Waals surface area contributed by atoms with Gasteiger partial charge in [-0.3, -0.25) is 10.1 Å². The van der Waals surface area contributed by atoms with Crippen LogP contribution in [0.2, 0.25) is 0 Å². The lowest BCUT2D eigenvalue weighted by molar-refractivity contribution is -0.383. The number of non-ortho nitro benzene ring substituents is 1. The number of rotatable bonds is 4. The van der Waals surface area contributed by atoms with Gasteiger partial charge in [0, 0.05) is 33.3 Å². The number of benzene rings is 8. The highest BCUT2D eigenvalue weighted by molar-refractivity contribution is 6.29.